The lowest BCUT2D eigenvalue weighted by Gasteiger charge is -2.02. The molecule has 1 rings (SSSR count). The Kier molecular flexibility index (Phi) is 4.27. The highest BCUT2D eigenvalue weighted by Crippen LogP contribution is 2.10. The van der Waals surface area contributed by atoms with Crippen LogP contribution in [0.3, 0.4) is 0 Å². The molecule has 3 heteroatoms. The van der Waals surface area contributed by atoms with Gasteiger partial charge in [0.15, 0.2) is 0 Å². The van der Waals surface area contributed by atoms with E-state index in [1.807, 2.05) is 24.3 Å². The number of nitrogens with zero attached hydrogens (tertiary/aromatic N) is 1. The SMILES string of the molecule is C=N/C=C\NCc1ccc(OC)cc1. The van der Waals surface area contributed by atoms with Gasteiger partial charge < -0.3 is 10.1 Å². The van der Waals surface area contributed by atoms with Crippen LogP contribution < -0.4 is 10.1 Å². The quantitative estimate of drug-likeness (QED) is 0.720. The van der Waals surface area contributed by atoms with Crippen molar-refractivity contribution >= 4 is 6.72 Å². The monoisotopic (exact) mass is 190 g/mol. The van der Waals surface area contributed by atoms with Crippen LogP contribution in [0, 0.1) is 0 Å². The molecule has 0 radical (unpaired) electrons. The molecule has 0 aliphatic rings. The Morgan fingerprint density at radius 2 is 2.14 bits per heavy atom. The number of methoxy groups -OCH3 is 1. The third-order valence-electron chi connectivity index (χ3n) is 1.76. The molecule has 74 valence electrons. The lowest BCUT2D eigenvalue weighted by Crippen LogP contribution is -2.03. The van der Waals surface area contributed by atoms with Gasteiger partial charge in [-0.3, -0.25) is 4.99 Å². The maximum Gasteiger partial charge on any atom is 0.118 e. The van der Waals surface area contributed by atoms with Crippen molar-refractivity contribution in [2.45, 2.75) is 6.54 Å². The standard InChI is InChI=1S/C11H14N2O/c1-12-7-8-13-9-10-3-5-11(14-2)6-4-10/h3-8,13H,1,9H2,2H3/b8-7-. The minimum Gasteiger partial charge on any atom is -0.497 e. The minimum absolute atomic E-state index is 0.774. The van der Waals surface area contributed by atoms with Gasteiger partial charge in [-0.05, 0) is 24.4 Å². The fourth-order valence-electron chi connectivity index (χ4n) is 1.03. The van der Waals surface area contributed by atoms with Crippen molar-refractivity contribution in [1.29, 1.82) is 0 Å². The van der Waals surface area contributed by atoms with Crippen molar-refractivity contribution in [2.75, 3.05) is 7.11 Å². The summed E-state index contributed by atoms with van der Waals surface area (Å²) >= 11 is 0. The van der Waals surface area contributed by atoms with Crippen LogP contribution in [0.25, 0.3) is 0 Å². The lowest BCUT2D eigenvalue weighted by atomic mass is 10.2. The molecule has 0 unspecified atom stereocenters. The smallest absolute Gasteiger partial charge is 0.118 e. The molecule has 0 saturated carbocycles. The van der Waals surface area contributed by atoms with Gasteiger partial charge in [0.2, 0.25) is 0 Å². The van der Waals surface area contributed by atoms with Gasteiger partial charge in [0, 0.05) is 18.9 Å². The Morgan fingerprint density at radius 3 is 2.71 bits per heavy atom. The van der Waals surface area contributed by atoms with E-state index in [0.717, 1.165) is 12.3 Å². The van der Waals surface area contributed by atoms with E-state index in [2.05, 4.69) is 17.0 Å². The Balaban J connectivity index is 2.43. The molecular weight excluding hydrogens is 176 g/mol. The molecular formula is C11H14N2O. The molecule has 0 saturated heterocycles. The first-order valence-electron chi connectivity index (χ1n) is 4.34. The Bertz CT molecular complexity index is 304. The van der Waals surface area contributed by atoms with E-state index < -0.39 is 0 Å². The topological polar surface area (TPSA) is 33.6 Å². The van der Waals surface area contributed by atoms with E-state index in [9.17, 15) is 0 Å². The average Bonchev–Trinajstić information content (AvgIpc) is 2.25. The number of hydrogen-bond acceptors (Lipinski definition) is 3. The van der Waals surface area contributed by atoms with E-state index in [1.165, 1.54) is 5.56 Å². The maximum atomic E-state index is 5.05. The zero-order valence-corrected chi connectivity index (χ0v) is 8.23. The molecule has 0 fully saturated rings. The van der Waals surface area contributed by atoms with E-state index in [0.29, 0.717) is 0 Å². The van der Waals surface area contributed by atoms with Crippen molar-refractivity contribution in [3.63, 3.8) is 0 Å². The Morgan fingerprint density at radius 1 is 1.43 bits per heavy atom. The molecule has 0 atom stereocenters. The van der Waals surface area contributed by atoms with Gasteiger partial charge in [0.25, 0.3) is 0 Å². The highest BCUT2D eigenvalue weighted by molar-refractivity contribution is 5.27. The van der Waals surface area contributed by atoms with E-state index >= 15 is 0 Å². The average molecular weight is 190 g/mol. The van der Waals surface area contributed by atoms with E-state index in [4.69, 9.17) is 4.74 Å². The van der Waals surface area contributed by atoms with Gasteiger partial charge >= 0.3 is 0 Å². The second-order valence-corrected chi connectivity index (χ2v) is 2.73. The van der Waals surface area contributed by atoms with Crippen molar-refractivity contribution in [3.05, 3.63) is 42.2 Å². The molecule has 0 aliphatic carbocycles. The lowest BCUT2D eigenvalue weighted by molar-refractivity contribution is 0.414. The van der Waals surface area contributed by atoms with Crippen molar-refractivity contribution in [1.82, 2.24) is 5.32 Å². The van der Waals surface area contributed by atoms with Crippen LogP contribution in [0.15, 0.2) is 41.7 Å². The summed E-state index contributed by atoms with van der Waals surface area (Å²) in [6.07, 6.45) is 3.38. The largest absolute Gasteiger partial charge is 0.497 e. The first kappa shape index (κ1) is 10.3. The normalized spacial score (nSPS) is 10.1. The molecule has 0 aliphatic heterocycles. The van der Waals surface area contributed by atoms with Gasteiger partial charge in [-0.2, -0.15) is 0 Å². The summed E-state index contributed by atoms with van der Waals surface area (Å²) in [7, 11) is 1.66. The molecule has 0 spiro atoms. The van der Waals surface area contributed by atoms with Crippen LogP contribution in [0.5, 0.6) is 5.75 Å². The summed E-state index contributed by atoms with van der Waals surface area (Å²) in [4.78, 5) is 3.58. The predicted molar refractivity (Wildman–Crippen MR) is 58.5 cm³/mol. The van der Waals surface area contributed by atoms with Gasteiger partial charge in [-0.15, -0.1) is 0 Å². The predicted octanol–water partition coefficient (Wildman–Crippen LogP) is 1.96. The maximum absolute atomic E-state index is 5.05. The third kappa shape index (κ3) is 3.31. The van der Waals surface area contributed by atoms with Crippen LogP contribution >= 0.6 is 0 Å². The van der Waals surface area contributed by atoms with Crippen molar-refractivity contribution in [2.24, 2.45) is 4.99 Å². The van der Waals surface area contributed by atoms with E-state index in [1.54, 1.807) is 19.5 Å². The first-order chi connectivity index (χ1) is 6.86. The van der Waals surface area contributed by atoms with Crippen LogP contribution in [-0.2, 0) is 6.54 Å². The molecule has 1 aromatic rings. The molecule has 1 N–H and O–H groups in total. The minimum atomic E-state index is 0.774. The zero-order valence-electron chi connectivity index (χ0n) is 8.23. The fourth-order valence-corrected chi connectivity index (χ4v) is 1.03. The van der Waals surface area contributed by atoms with Crippen LogP contribution in [-0.4, -0.2) is 13.8 Å². The Hall–Kier alpha value is -1.77. The summed E-state index contributed by atoms with van der Waals surface area (Å²) in [6.45, 7) is 4.11. The summed E-state index contributed by atoms with van der Waals surface area (Å²) in [5.74, 6) is 0.872. The molecule has 0 heterocycles. The second kappa shape index (κ2) is 5.80. The molecule has 1 aromatic carbocycles. The van der Waals surface area contributed by atoms with Gasteiger partial charge in [0.1, 0.15) is 5.75 Å². The zero-order chi connectivity index (χ0) is 10.2. The Labute approximate surface area is 84.1 Å². The van der Waals surface area contributed by atoms with Crippen molar-refractivity contribution < 1.29 is 4.74 Å². The molecule has 14 heavy (non-hydrogen) atoms. The molecule has 0 amide bonds. The van der Waals surface area contributed by atoms with Gasteiger partial charge in [0.05, 0.1) is 7.11 Å². The van der Waals surface area contributed by atoms with Gasteiger partial charge in [-0.1, -0.05) is 12.1 Å². The van der Waals surface area contributed by atoms with Crippen LogP contribution in [0.4, 0.5) is 0 Å². The summed E-state index contributed by atoms with van der Waals surface area (Å²) in [5, 5.41) is 3.08. The molecule has 0 bridgehead atoms. The highest BCUT2D eigenvalue weighted by Gasteiger charge is 1.91. The number of aliphatic imine (C=N–C) groups is 1. The number of ether oxygens (including phenoxy) is 1. The number of hydrogen-bond donors (Lipinski definition) is 1. The molecule has 3 nitrogen and oxygen atoms in total. The van der Waals surface area contributed by atoms with Gasteiger partial charge in [-0.25, -0.2) is 0 Å². The highest BCUT2D eigenvalue weighted by atomic mass is 16.5. The third-order valence-corrected chi connectivity index (χ3v) is 1.76. The molecule has 0 aromatic heterocycles. The number of nitrogens with one attached hydrogen (secondary N) is 1. The second-order valence-electron chi connectivity index (χ2n) is 2.73. The van der Waals surface area contributed by atoms with Crippen LogP contribution in [0.1, 0.15) is 5.56 Å². The first-order valence-corrected chi connectivity index (χ1v) is 4.34. The number of rotatable bonds is 5. The summed E-state index contributed by atoms with van der Waals surface area (Å²) < 4.78 is 5.05. The van der Waals surface area contributed by atoms with E-state index in [-0.39, 0.29) is 0 Å². The fraction of sp³-hybridized carbons (Fsp3) is 0.182. The number of benzene rings is 1. The summed E-state index contributed by atoms with van der Waals surface area (Å²) in [6, 6.07) is 7.90. The van der Waals surface area contributed by atoms with Crippen LogP contribution in [0.2, 0.25) is 0 Å². The van der Waals surface area contributed by atoms with Crippen molar-refractivity contribution in [3.8, 4) is 5.75 Å². The summed E-state index contributed by atoms with van der Waals surface area (Å²) in [5.41, 5.74) is 1.19.